The van der Waals surface area contributed by atoms with Crippen molar-refractivity contribution in [1.82, 2.24) is 4.23 Å². The molecule has 1 aromatic heterocycles. The fourth-order valence-corrected chi connectivity index (χ4v) is 3.71. The van der Waals surface area contributed by atoms with Crippen LogP contribution in [0.3, 0.4) is 0 Å². The molecule has 0 spiro atoms. The minimum Gasteiger partial charge on any atom is -0.462 e. The van der Waals surface area contributed by atoms with Crippen LogP contribution in [0.1, 0.15) is 33.4 Å². The van der Waals surface area contributed by atoms with Gasteiger partial charge >= 0.3 is 5.97 Å². The fraction of sp³-hybridized carbons (Fsp3) is 0.533. The molecule has 0 saturated carbocycles. The minimum atomic E-state index is -1.60. The van der Waals surface area contributed by atoms with Gasteiger partial charge in [-0.05, 0) is 35.5 Å². The molecule has 0 aromatic carbocycles. The van der Waals surface area contributed by atoms with Gasteiger partial charge in [0.05, 0.1) is 0 Å². The van der Waals surface area contributed by atoms with Crippen molar-refractivity contribution in [2.24, 2.45) is 0 Å². The second-order valence-electron chi connectivity index (χ2n) is 6.32. The third kappa shape index (κ3) is 3.83. The second kappa shape index (κ2) is 5.78. The van der Waals surface area contributed by atoms with Gasteiger partial charge in [0.2, 0.25) is 0 Å². The molecule has 0 atom stereocenters. The summed E-state index contributed by atoms with van der Waals surface area (Å²) in [6.45, 7) is 13.4. The molecule has 0 N–H and O–H groups in total. The van der Waals surface area contributed by atoms with Crippen LogP contribution in [0.15, 0.2) is 24.4 Å². The van der Waals surface area contributed by atoms with E-state index in [1.807, 2.05) is 12.2 Å². The van der Waals surface area contributed by atoms with E-state index in [-0.39, 0.29) is 11.0 Å². The number of rotatable bonds is 4. The Bertz CT molecular complexity index is 467. The van der Waals surface area contributed by atoms with Crippen LogP contribution >= 0.6 is 0 Å². The van der Waals surface area contributed by atoms with Crippen molar-refractivity contribution in [2.75, 3.05) is 6.61 Å². The van der Waals surface area contributed by atoms with Crippen molar-refractivity contribution in [3.63, 3.8) is 0 Å². The lowest BCUT2D eigenvalue weighted by Crippen LogP contribution is -2.45. The summed E-state index contributed by atoms with van der Waals surface area (Å²) in [6.07, 6.45) is 6.08. The Morgan fingerprint density at radius 3 is 2.58 bits per heavy atom. The van der Waals surface area contributed by atoms with E-state index in [4.69, 9.17) is 4.74 Å². The van der Waals surface area contributed by atoms with E-state index in [1.54, 1.807) is 0 Å². The number of nitrogens with zero attached hydrogens (tertiary/aromatic N) is 1. The molecule has 19 heavy (non-hydrogen) atoms. The number of hydrogen-bond donors (Lipinski definition) is 0. The minimum absolute atomic E-state index is 0.246. The number of ether oxygens (including phenoxy) is 1. The Morgan fingerprint density at radius 1 is 1.42 bits per heavy atom. The maximum Gasteiger partial charge on any atom is 0.302 e. The average Bonchev–Trinajstić information content (AvgIpc) is 2.71. The lowest BCUT2D eigenvalue weighted by atomic mass is 10.2. The van der Waals surface area contributed by atoms with Gasteiger partial charge in [-0.1, -0.05) is 33.9 Å². The van der Waals surface area contributed by atoms with Crippen molar-refractivity contribution in [2.45, 2.75) is 45.8 Å². The van der Waals surface area contributed by atoms with E-state index in [0.717, 1.165) is 0 Å². The predicted octanol–water partition coefficient (Wildman–Crippen LogP) is 3.92. The van der Waals surface area contributed by atoms with E-state index in [9.17, 15) is 4.79 Å². The van der Waals surface area contributed by atoms with Gasteiger partial charge in [-0.15, -0.1) is 0 Å². The maximum atomic E-state index is 10.7. The number of esters is 1. The molecule has 0 aliphatic heterocycles. The summed E-state index contributed by atoms with van der Waals surface area (Å²) in [5, 5.41) is 0.282. The van der Waals surface area contributed by atoms with Gasteiger partial charge in [-0.3, -0.25) is 4.79 Å². The van der Waals surface area contributed by atoms with Gasteiger partial charge in [-0.2, -0.15) is 0 Å². The number of carbonyl (C=O) groups is 1. The van der Waals surface area contributed by atoms with Crippen LogP contribution in [-0.2, 0) is 9.53 Å². The Kier molecular flexibility index (Phi) is 4.79. The Hall–Kier alpha value is -1.29. The zero-order valence-electron chi connectivity index (χ0n) is 12.9. The molecule has 0 fully saturated rings. The van der Waals surface area contributed by atoms with E-state index in [1.165, 1.54) is 12.6 Å². The van der Waals surface area contributed by atoms with Crippen LogP contribution < -0.4 is 0 Å². The smallest absolute Gasteiger partial charge is 0.302 e. The summed E-state index contributed by atoms with van der Waals surface area (Å²) in [6, 6.07) is 4.18. The van der Waals surface area contributed by atoms with Crippen molar-refractivity contribution in [3.8, 4) is 0 Å². The van der Waals surface area contributed by atoms with Crippen molar-refractivity contribution < 1.29 is 9.53 Å². The topological polar surface area (TPSA) is 31.2 Å². The summed E-state index contributed by atoms with van der Waals surface area (Å²) in [7, 11) is -1.60. The second-order valence-corrected chi connectivity index (χ2v) is 11.4. The zero-order chi connectivity index (χ0) is 14.7. The van der Waals surface area contributed by atoms with Crippen LogP contribution in [0.25, 0.3) is 6.08 Å². The van der Waals surface area contributed by atoms with Crippen molar-refractivity contribution in [1.29, 1.82) is 0 Å². The highest BCUT2D eigenvalue weighted by molar-refractivity contribution is 6.78. The highest BCUT2D eigenvalue weighted by Crippen LogP contribution is 2.37. The van der Waals surface area contributed by atoms with Gasteiger partial charge < -0.3 is 8.97 Å². The van der Waals surface area contributed by atoms with Crippen LogP contribution in [0.5, 0.6) is 0 Å². The molecule has 4 heteroatoms. The lowest BCUT2D eigenvalue weighted by molar-refractivity contribution is -0.139. The first-order valence-electron chi connectivity index (χ1n) is 6.64. The monoisotopic (exact) mass is 279 g/mol. The average molecular weight is 279 g/mol. The zero-order valence-corrected chi connectivity index (χ0v) is 13.9. The summed E-state index contributed by atoms with van der Waals surface area (Å²) in [5.41, 5.74) is 1.18. The van der Waals surface area contributed by atoms with E-state index in [0.29, 0.717) is 6.61 Å². The van der Waals surface area contributed by atoms with Gasteiger partial charge in [0.1, 0.15) is 6.61 Å². The van der Waals surface area contributed by atoms with Crippen LogP contribution in [-0.4, -0.2) is 25.0 Å². The number of carbonyl (C=O) groups excluding carboxylic acids is 1. The third-order valence-electron chi connectivity index (χ3n) is 3.89. The molecule has 0 saturated heterocycles. The van der Waals surface area contributed by atoms with Gasteiger partial charge in [0.25, 0.3) is 0 Å². The summed E-state index contributed by atoms with van der Waals surface area (Å²) in [5.74, 6) is -0.246. The highest BCUT2D eigenvalue weighted by atomic mass is 28.3. The van der Waals surface area contributed by atoms with Gasteiger partial charge in [-0.25, -0.2) is 0 Å². The Balaban J connectivity index is 2.90. The highest BCUT2D eigenvalue weighted by Gasteiger charge is 2.37. The molecule has 0 unspecified atom stereocenters. The Labute approximate surface area is 117 Å². The quantitative estimate of drug-likeness (QED) is 0.618. The molecule has 1 heterocycles. The first kappa shape index (κ1) is 15.8. The van der Waals surface area contributed by atoms with Crippen LogP contribution in [0.4, 0.5) is 0 Å². The standard InChI is InChI=1S/C15H25NO2Si/c1-13(17)18-12-8-10-14-9-7-11-16(14)19(5,6)15(2,3)4/h7-11H,12H2,1-6H3/b10-8+. The maximum absolute atomic E-state index is 10.7. The SMILES string of the molecule is CC(=O)OC/C=C/c1cccn1[Si](C)(C)C(C)(C)C. The van der Waals surface area contributed by atoms with Gasteiger partial charge in [0, 0.05) is 12.6 Å². The number of hydrogen-bond acceptors (Lipinski definition) is 2. The third-order valence-corrected chi connectivity index (χ3v) is 9.17. The van der Waals surface area contributed by atoms with Crippen LogP contribution in [0.2, 0.25) is 18.1 Å². The van der Waals surface area contributed by atoms with Crippen molar-refractivity contribution >= 4 is 20.3 Å². The molecular formula is C15H25NO2Si. The first-order valence-corrected chi connectivity index (χ1v) is 9.59. The lowest BCUT2D eigenvalue weighted by Gasteiger charge is -2.39. The largest absolute Gasteiger partial charge is 0.462 e. The van der Waals surface area contributed by atoms with Gasteiger partial charge in [0.15, 0.2) is 8.24 Å². The summed E-state index contributed by atoms with van der Waals surface area (Å²) < 4.78 is 7.31. The summed E-state index contributed by atoms with van der Waals surface area (Å²) in [4.78, 5) is 10.7. The molecule has 0 radical (unpaired) electrons. The van der Waals surface area contributed by atoms with E-state index < -0.39 is 8.24 Å². The molecule has 1 rings (SSSR count). The van der Waals surface area contributed by atoms with Crippen LogP contribution in [0, 0.1) is 0 Å². The molecule has 106 valence electrons. The molecule has 0 amide bonds. The molecule has 0 aliphatic rings. The molecular weight excluding hydrogens is 254 g/mol. The van der Waals surface area contributed by atoms with Crippen molar-refractivity contribution in [3.05, 3.63) is 30.1 Å². The van der Waals surface area contributed by atoms with E-state index >= 15 is 0 Å². The number of aromatic nitrogens is 1. The Morgan fingerprint density at radius 2 is 2.05 bits per heavy atom. The molecule has 0 aliphatic carbocycles. The summed E-state index contributed by atoms with van der Waals surface area (Å²) >= 11 is 0. The normalized spacial score (nSPS) is 12.9. The molecule has 1 aromatic rings. The first-order chi connectivity index (χ1) is 8.66. The fourth-order valence-electron chi connectivity index (χ4n) is 1.73. The predicted molar refractivity (Wildman–Crippen MR) is 82.7 cm³/mol. The van der Waals surface area contributed by atoms with E-state index in [2.05, 4.69) is 56.4 Å². The molecule has 3 nitrogen and oxygen atoms in total. The molecule has 0 bridgehead atoms.